The van der Waals surface area contributed by atoms with Crippen molar-refractivity contribution in [2.24, 2.45) is 0 Å². The third-order valence-corrected chi connectivity index (χ3v) is 3.05. The lowest BCUT2D eigenvalue weighted by molar-refractivity contribution is 0.102. The van der Waals surface area contributed by atoms with E-state index in [1.807, 2.05) is 6.92 Å². The maximum Gasteiger partial charge on any atom is 0.255 e. The van der Waals surface area contributed by atoms with Crippen LogP contribution in [0.2, 0.25) is 0 Å². The summed E-state index contributed by atoms with van der Waals surface area (Å²) in [5, 5.41) is 2.69. The summed E-state index contributed by atoms with van der Waals surface area (Å²) in [5.41, 5.74) is 7.02. The van der Waals surface area contributed by atoms with Crippen molar-refractivity contribution in [3.05, 3.63) is 53.3 Å². The fourth-order valence-electron chi connectivity index (χ4n) is 1.86. The van der Waals surface area contributed by atoms with Crippen LogP contribution in [0.4, 0.5) is 15.8 Å². The quantitative estimate of drug-likeness (QED) is 0.848. The molecule has 0 aliphatic heterocycles. The normalized spacial score (nSPS) is 10.2. The number of rotatable bonds is 4. The number of carbonyl (C=O) groups excluding carboxylic acids is 1. The van der Waals surface area contributed by atoms with E-state index < -0.39 is 11.7 Å². The fourth-order valence-corrected chi connectivity index (χ4v) is 1.86. The minimum absolute atomic E-state index is 0.178. The Hall–Kier alpha value is -2.56. The summed E-state index contributed by atoms with van der Waals surface area (Å²) >= 11 is 0. The molecule has 0 heterocycles. The molecule has 0 bridgehead atoms. The number of hydrogen-bond acceptors (Lipinski definition) is 3. The zero-order chi connectivity index (χ0) is 15.4. The predicted octanol–water partition coefficient (Wildman–Crippen LogP) is 3.37. The number of carbonyl (C=O) groups is 1. The van der Waals surface area contributed by atoms with Gasteiger partial charge >= 0.3 is 0 Å². The SMILES string of the molecule is CCOc1cccc(NC(=O)c2cc(N)c(C)c(F)c2)c1. The first-order valence-electron chi connectivity index (χ1n) is 6.61. The summed E-state index contributed by atoms with van der Waals surface area (Å²) in [6.45, 7) is 3.98. The lowest BCUT2D eigenvalue weighted by Crippen LogP contribution is -2.13. The monoisotopic (exact) mass is 288 g/mol. The zero-order valence-corrected chi connectivity index (χ0v) is 11.9. The number of anilines is 2. The van der Waals surface area contributed by atoms with Crippen LogP contribution in [0, 0.1) is 12.7 Å². The first kappa shape index (κ1) is 14.8. The highest BCUT2D eigenvalue weighted by Gasteiger charge is 2.11. The molecule has 0 spiro atoms. The minimum Gasteiger partial charge on any atom is -0.494 e. The summed E-state index contributed by atoms with van der Waals surface area (Å²) in [6.07, 6.45) is 0. The van der Waals surface area contributed by atoms with Crippen molar-refractivity contribution >= 4 is 17.3 Å². The molecule has 5 heteroatoms. The predicted molar refractivity (Wildman–Crippen MR) is 81.1 cm³/mol. The smallest absolute Gasteiger partial charge is 0.255 e. The second-order valence-electron chi connectivity index (χ2n) is 4.59. The first-order chi connectivity index (χ1) is 10.0. The Morgan fingerprint density at radius 1 is 1.33 bits per heavy atom. The molecular weight excluding hydrogens is 271 g/mol. The fraction of sp³-hybridized carbons (Fsp3) is 0.188. The van der Waals surface area contributed by atoms with Crippen LogP contribution in [0.15, 0.2) is 36.4 Å². The number of benzene rings is 2. The Bertz CT molecular complexity index is 648. The molecule has 0 saturated heterocycles. The molecule has 0 aromatic heterocycles. The molecule has 0 aliphatic carbocycles. The molecule has 0 fully saturated rings. The Labute approximate surface area is 122 Å². The maximum absolute atomic E-state index is 13.6. The zero-order valence-electron chi connectivity index (χ0n) is 11.9. The second-order valence-corrected chi connectivity index (χ2v) is 4.59. The topological polar surface area (TPSA) is 64.3 Å². The van der Waals surface area contributed by atoms with Crippen LogP contribution < -0.4 is 15.8 Å². The number of ether oxygens (including phenoxy) is 1. The van der Waals surface area contributed by atoms with Gasteiger partial charge in [-0.1, -0.05) is 6.07 Å². The largest absolute Gasteiger partial charge is 0.494 e. The van der Waals surface area contributed by atoms with Gasteiger partial charge in [0.15, 0.2) is 0 Å². The average Bonchev–Trinajstić information content (AvgIpc) is 2.45. The molecular formula is C16H17FN2O2. The molecule has 2 rings (SSSR count). The third-order valence-electron chi connectivity index (χ3n) is 3.05. The molecule has 0 unspecified atom stereocenters. The number of halogens is 1. The lowest BCUT2D eigenvalue weighted by Gasteiger charge is -2.09. The van der Waals surface area contributed by atoms with Crippen molar-refractivity contribution in [1.82, 2.24) is 0 Å². The summed E-state index contributed by atoms with van der Waals surface area (Å²) in [6, 6.07) is 9.63. The van der Waals surface area contributed by atoms with Gasteiger partial charge in [-0.05, 0) is 38.1 Å². The molecule has 2 aromatic rings. The Balaban J connectivity index is 2.20. The highest BCUT2D eigenvalue weighted by atomic mass is 19.1. The summed E-state index contributed by atoms with van der Waals surface area (Å²) < 4.78 is 19.0. The molecule has 1 amide bonds. The lowest BCUT2D eigenvalue weighted by atomic mass is 10.1. The Morgan fingerprint density at radius 2 is 2.10 bits per heavy atom. The summed E-state index contributed by atoms with van der Waals surface area (Å²) in [7, 11) is 0. The van der Waals surface area contributed by atoms with Crippen molar-refractivity contribution in [1.29, 1.82) is 0 Å². The molecule has 2 aromatic carbocycles. The van der Waals surface area contributed by atoms with Crippen molar-refractivity contribution in [2.45, 2.75) is 13.8 Å². The van der Waals surface area contributed by atoms with Gasteiger partial charge in [0, 0.05) is 28.6 Å². The van der Waals surface area contributed by atoms with E-state index in [9.17, 15) is 9.18 Å². The number of nitrogens with one attached hydrogen (secondary N) is 1. The van der Waals surface area contributed by atoms with Crippen molar-refractivity contribution < 1.29 is 13.9 Å². The van der Waals surface area contributed by atoms with Gasteiger partial charge in [0.25, 0.3) is 5.91 Å². The summed E-state index contributed by atoms with van der Waals surface area (Å²) in [4.78, 5) is 12.1. The van der Waals surface area contributed by atoms with Crippen LogP contribution in [0.3, 0.4) is 0 Å². The molecule has 0 radical (unpaired) electrons. The highest BCUT2D eigenvalue weighted by molar-refractivity contribution is 6.05. The van der Waals surface area contributed by atoms with Crippen LogP contribution in [0.5, 0.6) is 5.75 Å². The van der Waals surface area contributed by atoms with Crippen molar-refractivity contribution in [2.75, 3.05) is 17.7 Å². The van der Waals surface area contributed by atoms with Gasteiger partial charge in [-0.25, -0.2) is 4.39 Å². The van der Waals surface area contributed by atoms with Gasteiger partial charge < -0.3 is 15.8 Å². The van der Waals surface area contributed by atoms with Gasteiger partial charge in [-0.3, -0.25) is 4.79 Å². The van der Waals surface area contributed by atoms with Crippen molar-refractivity contribution in [3.63, 3.8) is 0 Å². The molecule has 0 saturated carbocycles. The van der Waals surface area contributed by atoms with E-state index in [2.05, 4.69) is 5.32 Å². The number of nitrogens with two attached hydrogens (primary N) is 1. The van der Waals surface area contributed by atoms with Gasteiger partial charge in [0.2, 0.25) is 0 Å². The van der Waals surface area contributed by atoms with E-state index in [1.54, 1.807) is 31.2 Å². The summed E-state index contributed by atoms with van der Waals surface area (Å²) in [5.74, 6) is -0.262. The van der Waals surface area contributed by atoms with Crippen LogP contribution in [0.25, 0.3) is 0 Å². The number of amides is 1. The molecule has 21 heavy (non-hydrogen) atoms. The second kappa shape index (κ2) is 6.26. The van der Waals surface area contributed by atoms with E-state index in [4.69, 9.17) is 10.5 Å². The molecule has 0 aliphatic rings. The maximum atomic E-state index is 13.6. The molecule has 3 N–H and O–H groups in total. The van der Waals surface area contributed by atoms with E-state index >= 15 is 0 Å². The van der Waals surface area contributed by atoms with Gasteiger partial charge in [-0.15, -0.1) is 0 Å². The first-order valence-corrected chi connectivity index (χ1v) is 6.61. The van der Waals surface area contributed by atoms with E-state index in [0.717, 1.165) is 0 Å². The third kappa shape index (κ3) is 3.51. The van der Waals surface area contributed by atoms with E-state index in [-0.39, 0.29) is 11.3 Å². The van der Waals surface area contributed by atoms with Gasteiger partial charge in [-0.2, -0.15) is 0 Å². The molecule has 110 valence electrons. The van der Waals surface area contributed by atoms with Crippen LogP contribution in [-0.4, -0.2) is 12.5 Å². The van der Waals surface area contributed by atoms with Gasteiger partial charge in [0.1, 0.15) is 11.6 Å². The van der Waals surface area contributed by atoms with E-state index in [0.29, 0.717) is 23.6 Å². The Kier molecular flexibility index (Phi) is 4.42. The van der Waals surface area contributed by atoms with E-state index in [1.165, 1.54) is 12.1 Å². The van der Waals surface area contributed by atoms with Crippen LogP contribution >= 0.6 is 0 Å². The molecule has 4 nitrogen and oxygen atoms in total. The molecule has 0 atom stereocenters. The highest BCUT2D eigenvalue weighted by Crippen LogP contribution is 2.21. The van der Waals surface area contributed by atoms with Crippen LogP contribution in [0.1, 0.15) is 22.8 Å². The Morgan fingerprint density at radius 3 is 2.76 bits per heavy atom. The minimum atomic E-state index is -0.497. The number of hydrogen-bond donors (Lipinski definition) is 2. The van der Waals surface area contributed by atoms with Crippen molar-refractivity contribution in [3.8, 4) is 5.75 Å². The van der Waals surface area contributed by atoms with Gasteiger partial charge in [0.05, 0.1) is 6.61 Å². The average molecular weight is 288 g/mol. The standard InChI is InChI=1S/C16H17FN2O2/c1-3-21-13-6-4-5-12(9-13)19-16(20)11-7-14(17)10(2)15(18)8-11/h4-9H,3,18H2,1-2H3,(H,19,20). The van der Waals surface area contributed by atoms with Crippen LogP contribution in [-0.2, 0) is 0 Å². The number of nitrogen functional groups attached to an aromatic ring is 1.